The van der Waals surface area contributed by atoms with Crippen LogP contribution in [0.3, 0.4) is 0 Å². The zero-order valence-corrected chi connectivity index (χ0v) is 21.2. The number of benzene rings is 3. The van der Waals surface area contributed by atoms with Crippen molar-refractivity contribution in [2.24, 2.45) is 5.92 Å². The summed E-state index contributed by atoms with van der Waals surface area (Å²) in [5, 5.41) is 11.3. The lowest BCUT2D eigenvalue weighted by molar-refractivity contribution is 0.109. The van der Waals surface area contributed by atoms with Gasteiger partial charge in [0, 0.05) is 19.1 Å². The van der Waals surface area contributed by atoms with E-state index in [9.17, 15) is 9.90 Å². The van der Waals surface area contributed by atoms with Gasteiger partial charge >= 0.3 is 0 Å². The molecule has 1 N–H and O–H groups in total. The Labute approximate surface area is 213 Å². The average Bonchev–Trinajstić information content (AvgIpc) is 2.92. The molecular weight excluding hydrogens is 446 g/mol. The molecule has 1 aromatic heterocycles. The Kier molecular flexibility index (Phi) is 7.19. The first kappa shape index (κ1) is 24.3. The third-order valence-electron chi connectivity index (χ3n) is 7.66. The zero-order valence-electron chi connectivity index (χ0n) is 21.2. The Balaban J connectivity index is 1.61. The maximum atomic E-state index is 14.0. The van der Waals surface area contributed by atoms with Crippen LogP contribution in [-0.4, -0.2) is 38.7 Å². The molecule has 5 nitrogen and oxygen atoms in total. The van der Waals surface area contributed by atoms with Crippen LogP contribution >= 0.6 is 0 Å². The highest BCUT2D eigenvalue weighted by Crippen LogP contribution is 2.30. The van der Waals surface area contributed by atoms with E-state index in [4.69, 9.17) is 4.98 Å². The Hall–Kier alpha value is -3.44. The van der Waals surface area contributed by atoms with E-state index < -0.39 is 0 Å². The first-order valence-electron chi connectivity index (χ1n) is 13.2. The summed E-state index contributed by atoms with van der Waals surface area (Å²) < 4.78 is 1.81. The highest BCUT2D eigenvalue weighted by molar-refractivity contribution is 5.85. The van der Waals surface area contributed by atoms with E-state index in [0.29, 0.717) is 40.8 Å². The number of rotatable bonds is 7. The lowest BCUT2D eigenvalue weighted by atomic mass is 9.95. The molecular formula is C31H35N3O2. The number of aromatic hydroxyl groups is 1. The Morgan fingerprint density at radius 3 is 2.47 bits per heavy atom. The maximum absolute atomic E-state index is 14.0. The maximum Gasteiger partial charge on any atom is 0.261 e. The zero-order chi connectivity index (χ0) is 25.1. The quantitative estimate of drug-likeness (QED) is 0.335. The second kappa shape index (κ2) is 10.7. The van der Waals surface area contributed by atoms with Crippen molar-refractivity contribution in [3.05, 3.63) is 83.2 Å². The molecule has 0 bridgehead atoms. The van der Waals surface area contributed by atoms with Crippen LogP contribution in [-0.2, 0) is 6.54 Å². The first-order valence-corrected chi connectivity index (χ1v) is 13.2. The van der Waals surface area contributed by atoms with Crippen LogP contribution < -0.4 is 5.56 Å². The van der Waals surface area contributed by atoms with Gasteiger partial charge in [0.25, 0.3) is 5.56 Å². The van der Waals surface area contributed by atoms with Crippen LogP contribution in [0.15, 0.2) is 77.6 Å². The number of fused-ring (bicyclic) bond motifs is 1. The average molecular weight is 482 g/mol. The largest absolute Gasteiger partial charge is 0.507 e. The highest BCUT2D eigenvalue weighted by atomic mass is 16.3. The lowest BCUT2D eigenvalue weighted by Crippen LogP contribution is -2.44. The van der Waals surface area contributed by atoms with Crippen molar-refractivity contribution >= 4 is 10.9 Å². The van der Waals surface area contributed by atoms with Gasteiger partial charge in [0.05, 0.1) is 16.5 Å². The van der Waals surface area contributed by atoms with Crippen LogP contribution in [0.4, 0.5) is 0 Å². The molecule has 4 aromatic rings. The number of phenolic OH excluding ortho intramolecular Hbond substituents is 1. The van der Waals surface area contributed by atoms with Gasteiger partial charge in [-0.25, -0.2) is 4.98 Å². The Bertz CT molecular complexity index is 1390. The normalized spacial score (nSPS) is 16.6. The van der Waals surface area contributed by atoms with Gasteiger partial charge in [-0.05, 0) is 73.5 Å². The van der Waals surface area contributed by atoms with Gasteiger partial charge in [0.1, 0.15) is 11.6 Å². The molecule has 1 aliphatic rings. The van der Waals surface area contributed by atoms with Crippen molar-refractivity contribution in [2.75, 3.05) is 13.1 Å². The molecule has 5 rings (SSSR count). The fourth-order valence-corrected chi connectivity index (χ4v) is 5.71. The first-order chi connectivity index (χ1) is 17.6. The summed E-state index contributed by atoms with van der Waals surface area (Å²) in [5.41, 5.74) is 3.27. The van der Waals surface area contributed by atoms with Gasteiger partial charge in [0.15, 0.2) is 0 Å². The monoisotopic (exact) mass is 481 g/mol. The molecule has 0 aliphatic carbocycles. The molecule has 1 unspecified atom stereocenters. The van der Waals surface area contributed by atoms with Gasteiger partial charge in [-0.2, -0.15) is 0 Å². The van der Waals surface area contributed by atoms with E-state index in [1.807, 2.05) is 53.1 Å². The van der Waals surface area contributed by atoms with Crippen molar-refractivity contribution in [2.45, 2.75) is 52.1 Å². The fourth-order valence-electron chi connectivity index (χ4n) is 5.71. The van der Waals surface area contributed by atoms with Crippen molar-refractivity contribution in [1.29, 1.82) is 0 Å². The molecule has 0 saturated carbocycles. The van der Waals surface area contributed by atoms with Crippen molar-refractivity contribution in [3.8, 4) is 28.3 Å². The molecule has 0 amide bonds. The summed E-state index contributed by atoms with van der Waals surface area (Å²) >= 11 is 0. The predicted molar refractivity (Wildman–Crippen MR) is 147 cm³/mol. The molecule has 1 saturated heterocycles. The minimum atomic E-state index is -0.0457. The van der Waals surface area contributed by atoms with Crippen LogP contribution in [0.2, 0.25) is 0 Å². The molecule has 1 aliphatic heterocycles. The second-order valence-corrected chi connectivity index (χ2v) is 9.94. The Morgan fingerprint density at radius 1 is 0.972 bits per heavy atom. The fraction of sp³-hybridized carbons (Fsp3) is 0.355. The molecule has 5 heteroatoms. The smallest absolute Gasteiger partial charge is 0.261 e. The number of hydrogen-bond acceptors (Lipinski definition) is 4. The SMILES string of the molecule is CCC(CC)N1CCCC(Cn2c(-c3ccccc3O)nc3ccc(-c4ccccc4)cc3c2=O)C1. The topological polar surface area (TPSA) is 58.4 Å². The summed E-state index contributed by atoms with van der Waals surface area (Å²) in [7, 11) is 0. The second-order valence-electron chi connectivity index (χ2n) is 9.94. The lowest BCUT2D eigenvalue weighted by Gasteiger charge is -2.38. The van der Waals surface area contributed by atoms with E-state index in [-0.39, 0.29) is 11.3 Å². The third kappa shape index (κ3) is 4.80. The van der Waals surface area contributed by atoms with Crippen LogP contribution in [0.25, 0.3) is 33.4 Å². The number of phenols is 1. The Morgan fingerprint density at radius 2 is 1.72 bits per heavy atom. The van der Waals surface area contributed by atoms with E-state index >= 15 is 0 Å². The number of piperidine rings is 1. The molecule has 0 spiro atoms. The molecule has 2 heterocycles. The summed E-state index contributed by atoms with van der Waals surface area (Å²) in [6.45, 7) is 7.23. The van der Waals surface area contributed by atoms with Gasteiger partial charge < -0.3 is 10.0 Å². The minimum Gasteiger partial charge on any atom is -0.507 e. The highest BCUT2D eigenvalue weighted by Gasteiger charge is 2.26. The van der Waals surface area contributed by atoms with E-state index in [1.54, 1.807) is 12.1 Å². The van der Waals surface area contributed by atoms with Gasteiger partial charge in [-0.1, -0.05) is 62.4 Å². The standard InChI is InChI=1S/C31H35N3O2/c1-3-25(4-2)33-18-10-11-22(20-33)21-34-30(26-14-8-9-15-29(26)35)32-28-17-16-24(19-27(28)31(34)36)23-12-6-5-7-13-23/h5-9,12-17,19,22,25,35H,3-4,10-11,18,20-21H2,1-2H3. The van der Waals surface area contributed by atoms with Crippen molar-refractivity contribution in [1.82, 2.24) is 14.5 Å². The molecule has 3 aromatic carbocycles. The summed E-state index contributed by atoms with van der Waals surface area (Å²) in [4.78, 5) is 21.6. The number of hydrogen-bond donors (Lipinski definition) is 1. The van der Waals surface area contributed by atoms with Crippen molar-refractivity contribution in [3.63, 3.8) is 0 Å². The number of nitrogens with zero attached hydrogens (tertiary/aromatic N) is 3. The molecule has 0 radical (unpaired) electrons. The molecule has 1 fully saturated rings. The molecule has 1 atom stereocenters. The van der Waals surface area contributed by atoms with Gasteiger partial charge in [0.2, 0.25) is 0 Å². The van der Waals surface area contributed by atoms with Crippen molar-refractivity contribution < 1.29 is 5.11 Å². The summed E-state index contributed by atoms with van der Waals surface area (Å²) in [6.07, 6.45) is 4.52. The third-order valence-corrected chi connectivity index (χ3v) is 7.66. The number of para-hydroxylation sites is 1. The van der Waals surface area contributed by atoms with Gasteiger partial charge in [-0.3, -0.25) is 9.36 Å². The van der Waals surface area contributed by atoms with E-state index in [1.165, 1.54) is 0 Å². The summed E-state index contributed by atoms with van der Waals surface area (Å²) in [6, 6.07) is 23.8. The molecule has 186 valence electrons. The predicted octanol–water partition coefficient (Wildman–Crippen LogP) is 6.34. The summed E-state index contributed by atoms with van der Waals surface area (Å²) in [5.74, 6) is 1.04. The number of likely N-dealkylation sites (tertiary alicyclic amines) is 1. The van der Waals surface area contributed by atoms with Crippen LogP contribution in [0, 0.1) is 5.92 Å². The minimum absolute atomic E-state index is 0.0457. The van der Waals surface area contributed by atoms with Crippen LogP contribution in [0.1, 0.15) is 39.5 Å². The van der Waals surface area contributed by atoms with E-state index in [0.717, 1.165) is 49.9 Å². The van der Waals surface area contributed by atoms with Crippen LogP contribution in [0.5, 0.6) is 5.75 Å². The van der Waals surface area contributed by atoms with Gasteiger partial charge in [-0.15, -0.1) is 0 Å². The van der Waals surface area contributed by atoms with E-state index in [2.05, 4.69) is 30.9 Å². The molecule has 36 heavy (non-hydrogen) atoms. The number of aromatic nitrogens is 2.